The summed E-state index contributed by atoms with van der Waals surface area (Å²) in [5.74, 6) is 0. The van der Waals surface area contributed by atoms with Crippen molar-refractivity contribution in [2.75, 3.05) is 31.1 Å². The van der Waals surface area contributed by atoms with Gasteiger partial charge in [-0.05, 0) is 30.5 Å². The average molecular weight is 256 g/mol. The second-order valence-corrected chi connectivity index (χ2v) is 4.25. The van der Waals surface area contributed by atoms with Crippen LogP contribution in [0.15, 0.2) is 37.0 Å². The Hall–Kier alpha value is -1.65. The van der Waals surface area contributed by atoms with Gasteiger partial charge in [0.15, 0.2) is 0 Å². The molecule has 0 N–H and O–H groups in total. The van der Waals surface area contributed by atoms with Gasteiger partial charge < -0.3 is 9.80 Å². The molecule has 1 aromatic carbocycles. The van der Waals surface area contributed by atoms with E-state index in [1.165, 1.54) is 12.1 Å². The summed E-state index contributed by atoms with van der Waals surface area (Å²) in [7, 11) is 0. The third-order valence-corrected chi connectivity index (χ3v) is 3.13. The lowest BCUT2D eigenvalue weighted by Gasteiger charge is -2.35. The van der Waals surface area contributed by atoms with Gasteiger partial charge in [-0.1, -0.05) is 6.58 Å². The Labute approximate surface area is 104 Å². The summed E-state index contributed by atoms with van der Waals surface area (Å²) in [6.45, 7) is 7.01. The van der Waals surface area contributed by atoms with E-state index >= 15 is 0 Å². The molecular weight excluding hydrogens is 241 g/mol. The highest BCUT2D eigenvalue weighted by molar-refractivity contribution is 5.48. The quantitative estimate of drug-likeness (QED) is 0.802. The third-order valence-electron chi connectivity index (χ3n) is 3.13. The van der Waals surface area contributed by atoms with Crippen molar-refractivity contribution in [1.82, 2.24) is 4.90 Å². The van der Waals surface area contributed by atoms with E-state index in [2.05, 4.69) is 16.4 Å². The summed E-state index contributed by atoms with van der Waals surface area (Å²) in [5, 5.41) is 0. The van der Waals surface area contributed by atoms with Gasteiger partial charge in [0, 0.05) is 31.9 Å². The van der Waals surface area contributed by atoms with Crippen molar-refractivity contribution in [2.45, 2.75) is 6.18 Å². The molecule has 18 heavy (non-hydrogen) atoms. The molecule has 2 nitrogen and oxygen atoms in total. The minimum Gasteiger partial charge on any atom is -0.374 e. The molecule has 1 saturated heterocycles. The third kappa shape index (κ3) is 2.78. The van der Waals surface area contributed by atoms with Crippen LogP contribution in [0.2, 0.25) is 0 Å². The van der Waals surface area contributed by atoms with Gasteiger partial charge in [-0.2, -0.15) is 13.2 Å². The largest absolute Gasteiger partial charge is 0.416 e. The second kappa shape index (κ2) is 4.92. The standard InChI is InChI=1S/C13H15F3N2/c1-2-17-7-9-18(10-8-17)12-5-3-11(4-6-12)13(14,15)16/h2-6H,1,7-10H2. The average Bonchev–Trinajstić information content (AvgIpc) is 2.38. The number of nitrogens with zero attached hydrogens (tertiary/aromatic N) is 2. The van der Waals surface area contributed by atoms with Crippen LogP contribution >= 0.6 is 0 Å². The zero-order chi connectivity index (χ0) is 13.2. The molecule has 0 bridgehead atoms. The fourth-order valence-electron chi connectivity index (χ4n) is 2.02. The summed E-state index contributed by atoms with van der Waals surface area (Å²) in [4.78, 5) is 4.18. The van der Waals surface area contributed by atoms with Gasteiger partial charge in [-0.25, -0.2) is 0 Å². The zero-order valence-corrected chi connectivity index (χ0v) is 9.95. The molecule has 0 spiro atoms. The lowest BCUT2D eigenvalue weighted by Crippen LogP contribution is -2.43. The molecule has 0 unspecified atom stereocenters. The Morgan fingerprint density at radius 3 is 2.00 bits per heavy atom. The van der Waals surface area contributed by atoms with Crippen LogP contribution < -0.4 is 4.90 Å². The molecule has 1 heterocycles. The molecule has 0 amide bonds. The molecule has 5 heteroatoms. The van der Waals surface area contributed by atoms with E-state index in [4.69, 9.17) is 0 Å². The van der Waals surface area contributed by atoms with Crippen LogP contribution in [0.25, 0.3) is 0 Å². The molecule has 0 atom stereocenters. The summed E-state index contributed by atoms with van der Waals surface area (Å²) in [6.07, 6.45) is -2.47. The molecule has 0 radical (unpaired) electrons. The number of rotatable bonds is 2. The molecule has 2 rings (SSSR count). The zero-order valence-electron chi connectivity index (χ0n) is 9.95. The van der Waals surface area contributed by atoms with Crippen molar-refractivity contribution >= 4 is 5.69 Å². The molecule has 0 saturated carbocycles. The number of hydrogen-bond acceptors (Lipinski definition) is 2. The highest BCUT2D eigenvalue weighted by Gasteiger charge is 2.30. The Bertz CT molecular complexity index is 403. The van der Waals surface area contributed by atoms with Gasteiger partial charge >= 0.3 is 6.18 Å². The first-order chi connectivity index (χ1) is 8.50. The molecule has 0 aromatic heterocycles. The van der Waals surface area contributed by atoms with Crippen LogP contribution in [0, 0.1) is 0 Å². The number of alkyl halides is 3. The minimum atomic E-state index is -4.26. The van der Waals surface area contributed by atoms with E-state index in [1.54, 1.807) is 6.20 Å². The maximum Gasteiger partial charge on any atom is 0.416 e. The number of benzene rings is 1. The first-order valence-corrected chi connectivity index (χ1v) is 5.79. The lowest BCUT2D eigenvalue weighted by molar-refractivity contribution is -0.137. The first-order valence-electron chi connectivity index (χ1n) is 5.79. The highest BCUT2D eigenvalue weighted by Crippen LogP contribution is 2.30. The smallest absolute Gasteiger partial charge is 0.374 e. The van der Waals surface area contributed by atoms with Crippen LogP contribution in [0.4, 0.5) is 18.9 Å². The van der Waals surface area contributed by atoms with Crippen LogP contribution in [-0.4, -0.2) is 31.1 Å². The summed E-state index contributed by atoms with van der Waals surface area (Å²) in [6, 6.07) is 5.34. The van der Waals surface area contributed by atoms with Crippen molar-refractivity contribution < 1.29 is 13.2 Å². The van der Waals surface area contributed by atoms with Crippen LogP contribution in [0.3, 0.4) is 0 Å². The van der Waals surface area contributed by atoms with Crippen molar-refractivity contribution in [3.05, 3.63) is 42.6 Å². The van der Waals surface area contributed by atoms with E-state index in [1.807, 2.05) is 0 Å². The molecule has 1 aliphatic rings. The topological polar surface area (TPSA) is 6.48 Å². The fraction of sp³-hybridized carbons (Fsp3) is 0.385. The summed E-state index contributed by atoms with van der Waals surface area (Å²) in [5.41, 5.74) is 0.239. The number of piperazine rings is 1. The van der Waals surface area contributed by atoms with Gasteiger partial charge in [-0.15, -0.1) is 0 Å². The van der Waals surface area contributed by atoms with E-state index in [9.17, 15) is 13.2 Å². The number of halogens is 3. The van der Waals surface area contributed by atoms with Crippen LogP contribution in [0.5, 0.6) is 0 Å². The number of anilines is 1. The molecule has 1 aromatic rings. The monoisotopic (exact) mass is 256 g/mol. The van der Waals surface area contributed by atoms with Gasteiger partial charge in [0.2, 0.25) is 0 Å². The second-order valence-electron chi connectivity index (χ2n) is 4.25. The normalized spacial score (nSPS) is 16.8. The Balaban J connectivity index is 2.05. The van der Waals surface area contributed by atoms with Gasteiger partial charge in [0.05, 0.1) is 5.56 Å². The highest BCUT2D eigenvalue weighted by atomic mass is 19.4. The van der Waals surface area contributed by atoms with Crippen molar-refractivity contribution in [2.24, 2.45) is 0 Å². The predicted molar refractivity (Wildman–Crippen MR) is 65.4 cm³/mol. The lowest BCUT2D eigenvalue weighted by atomic mass is 10.1. The van der Waals surface area contributed by atoms with Gasteiger partial charge in [-0.3, -0.25) is 0 Å². The van der Waals surface area contributed by atoms with Crippen molar-refractivity contribution in [1.29, 1.82) is 0 Å². The Morgan fingerprint density at radius 1 is 1.00 bits per heavy atom. The van der Waals surface area contributed by atoms with Crippen molar-refractivity contribution in [3.8, 4) is 0 Å². The van der Waals surface area contributed by atoms with Crippen LogP contribution in [0.1, 0.15) is 5.56 Å². The number of hydrogen-bond donors (Lipinski definition) is 0. The van der Waals surface area contributed by atoms with E-state index in [0.29, 0.717) is 0 Å². The minimum absolute atomic E-state index is 0.601. The maximum atomic E-state index is 12.4. The van der Waals surface area contributed by atoms with Crippen molar-refractivity contribution in [3.63, 3.8) is 0 Å². The molecular formula is C13H15F3N2. The van der Waals surface area contributed by atoms with Gasteiger partial charge in [0.1, 0.15) is 0 Å². The van der Waals surface area contributed by atoms with Crippen LogP contribution in [-0.2, 0) is 6.18 Å². The van der Waals surface area contributed by atoms with E-state index in [-0.39, 0.29) is 0 Å². The Morgan fingerprint density at radius 2 is 1.56 bits per heavy atom. The fourth-order valence-corrected chi connectivity index (χ4v) is 2.02. The molecule has 98 valence electrons. The van der Waals surface area contributed by atoms with E-state index < -0.39 is 11.7 Å². The van der Waals surface area contributed by atoms with Gasteiger partial charge in [0.25, 0.3) is 0 Å². The Kier molecular flexibility index (Phi) is 3.50. The SMILES string of the molecule is C=CN1CCN(c2ccc(C(F)(F)F)cc2)CC1. The predicted octanol–water partition coefficient (Wildman–Crippen LogP) is 2.97. The van der Waals surface area contributed by atoms with E-state index in [0.717, 1.165) is 44.0 Å². The molecule has 0 aliphatic carbocycles. The molecule has 1 aliphatic heterocycles. The first kappa shape index (κ1) is 12.8. The maximum absolute atomic E-state index is 12.4. The molecule has 1 fully saturated rings. The summed E-state index contributed by atoms with van der Waals surface area (Å²) < 4.78 is 37.3. The summed E-state index contributed by atoms with van der Waals surface area (Å²) >= 11 is 0.